The van der Waals surface area contributed by atoms with Crippen molar-refractivity contribution in [2.45, 2.75) is 32.7 Å². The minimum Gasteiger partial charge on any atom is -0.507 e. The lowest BCUT2D eigenvalue weighted by molar-refractivity contribution is -0.137. The van der Waals surface area contributed by atoms with E-state index in [0.29, 0.717) is 23.7 Å². The maximum atomic E-state index is 12.9. The standard InChI is InChI=1S/C22H23NO4/c1-14(2)16-10-8-15(9-11-16)13-23-19-7-5-4-6-17(19)21(25)18(12-20(23)24)22(26)27-3/h4-11,14,25H,12-13H2,1-3H3. The van der Waals surface area contributed by atoms with Crippen LogP contribution in [0.15, 0.2) is 54.1 Å². The van der Waals surface area contributed by atoms with Crippen LogP contribution in [0.1, 0.15) is 42.9 Å². The number of esters is 1. The van der Waals surface area contributed by atoms with Gasteiger partial charge in [0.25, 0.3) is 0 Å². The number of ether oxygens (including phenoxy) is 1. The molecule has 1 heterocycles. The summed E-state index contributed by atoms with van der Waals surface area (Å²) in [5, 5.41) is 10.6. The minimum absolute atomic E-state index is 0.0207. The Hall–Kier alpha value is -3.08. The van der Waals surface area contributed by atoms with Crippen LogP contribution in [-0.2, 0) is 20.9 Å². The molecule has 0 atom stereocenters. The third-order valence-corrected chi connectivity index (χ3v) is 4.78. The highest BCUT2D eigenvalue weighted by atomic mass is 16.5. The van der Waals surface area contributed by atoms with Crippen LogP contribution in [0.2, 0.25) is 0 Å². The van der Waals surface area contributed by atoms with E-state index >= 15 is 0 Å². The molecule has 1 N–H and O–H groups in total. The van der Waals surface area contributed by atoms with Gasteiger partial charge in [0.15, 0.2) is 0 Å². The number of methoxy groups -OCH3 is 1. The number of nitrogens with zero attached hydrogens (tertiary/aromatic N) is 1. The lowest BCUT2D eigenvalue weighted by atomic mass is 10.0. The Bertz CT molecular complexity index is 897. The lowest BCUT2D eigenvalue weighted by Gasteiger charge is -2.23. The largest absolute Gasteiger partial charge is 0.507 e. The Morgan fingerprint density at radius 3 is 2.44 bits per heavy atom. The maximum absolute atomic E-state index is 12.9. The van der Waals surface area contributed by atoms with Crippen molar-refractivity contribution >= 4 is 23.3 Å². The van der Waals surface area contributed by atoms with E-state index in [4.69, 9.17) is 4.74 Å². The summed E-state index contributed by atoms with van der Waals surface area (Å²) in [6.45, 7) is 4.62. The number of hydrogen-bond donors (Lipinski definition) is 1. The number of carbonyl (C=O) groups excluding carboxylic acids is 2. The molecule has 1 aliphatic rings. The van der Waals surface area contributed by atoms with Gasteiger partial charge in [0, 0.05) is 5.56 Å². The average Bonchev–Trinajstić information content (AvgIpc) is 2.78. The van der Waals surface area contributed by atoms with Crippen molar-refractivity contribution in [3.8, 4) is 0 Å². The van der Waals surface area contributed by atoms with Gasteiger partial charge in [-0.1, -0.05) is 50.2 Å². The van der Waals surface area contributed by atoms with Crippen LogP contribution in [0.25, 0.3) is 5.76 Å². The number of para-hydroxylation sites is 1. The molecule has 0 fully saturated rings. The molecule has 140 valence electrons. The molecular formula is C22H23NO4. The summed E-state index contributed by atoms with van der Waals surface area (Å²) in [6, 6.07) is 15.2. The van der Waals surface area contributed by atoms with Crippen molar-refractivity contribution < 1.29 is 19.4 Å². The number of aliphatic hydroxyl groups excluding tert-OH is 1. The topological polar surface area (TPSA) is 66.8 Å². The third kappa shape index (κ3) is 3.72. The molecule has 2 aromatic carbocycles. The number of aliphatic hydroxyl groups is 1. The number of rotatable bonds is 4. The van der Waals surface area contributed by atoms with Crippen LogP contribution in [0.3, 0.4) is 0 Å². The Morgan fingerprint density at radius 1 is 1.15 bits per heavy atom. The van der Waals surface area contributed by atoms with Crippen LogP contribution in [0.4, 0.5) is 5.69 Å². The second kappa shape index (κ2) is 7.66. The van der Waals surface area contributed by atoms with Gasteiger partial charge >= 0.3 is 5.97 Å². The van der Waals surface area contributed by atoms with Gasteiger partial charge in [0.2, 0.25) is 5.91 Å². The molecule has 0 aromatic heterocycles. The minimum atomic E-state index is -0.696. The van der Waals surface area contributed by atoms with Crippen LogP contribution < -0.4 is 4.90 Å². The zero-order chi connectivity index (χ0) is 19.6. The van der Waals surface area contributed by atoms with Crippen molar-refractivity contribution in [2.24, 2.45) is 0 Å². The fourth-order valence-corrected chi connectivity index (χ4v) is 3.19. The highest BCUT2D eigenvalue weighted by Crippen LogP contribution is 2.34. The van der Waals surface area contributed by atoms with Gasteiger partial charge in [0.05, 0.1) is 31.3 Å². The molecule has 0 aliphatic carbocycles. The van der Waals surface area contributed by atoms with Crippen molar-refractivity contribution in [3.05, 3.63) is 70.8 Å². The predicted molar refractivity (Wildman–Crippen MR) is 104 cm³/mol. The summed E-state index contributed by atoms with van der Waals surface area (Å²) >= 11 is 0. The van der Waals surface area contributed by atoms with E-state index in [2.05, 4.69) is 26.0 Å². The molecule has 0 saturated heterocycles. The maximum Gasteiger partial charge on any atom is 0.338 e. The van der Waals surface area contributed by atoms with Crippen molar-refractivity contribution in [1.29, 1.82) is 0 Å². The van der Waals surface area contributed by atoms with Gasteiger partial charge in [-0.2, -0.15) is 0 Å². The van der Waals surface area contributed by atoms with E-state index in [-0.39, 0.29) is 23.7 Å². The third-order valence-electron chi connectivity index (χ3n) is 4.78. The molecule has 0 spiro atoms. The van der Waals surface area contributed by atoms with Crippen LogP contribution >= 0.6 is 0 Å². The second-order valence-corrected chi connectivity index (χ2v) is 6.89. The normalized spacial score (nSPS) is 14.2. The molecule has 0 unspecified atom stereocenters. The number of anilines is 1. The van der Waals surface area contributed by atoms with E-state index in [1.54, 1.807) is 29.2 Å². The van der Waals surface area contributed by atoms with Crippen molar-refractivity contribution in [2.75, 3.05) is 12.0 Å². The lowest BCUT2D eigenvalue weighted by Crippen LogP contribution is -2.30. The molecule has 1 aliphatic heterocycles. The summed E-state index contributed by atoms with van der Waals surface area (Å²) in [7, 11) is 1.23. The number of hydrogen-bond acceptors (Lipinski definition) is 4. The number of fused-ring (bicyclic) bond motifs is 1. The quantitative estimate of drug-likeness (QED) is 0.825. The van der Waals surface area contributed by atoms with E-state index in [1.807, 2.05) is 12.1 Å². The van der Waals surface area contributed by atoms with E-state index in [9.17, 15) is 14.7 Å². The summed E-state index contributed by atoms with van der Waals surface area (Å²) < 4.78 is 4.74. The van der Waals surface area contributed by atoms with Gasteiger partial charge in [0.1, 0.15) is 5.76 Å². The highest BCUT2D eigenvalue weighted by Gasteiger charge is 2.31. The second-order valence-electron chi connectivity index (χ2n) is 6.89. The molecule has 0 radical (unpaired) electrons. The van der Waals surface area contributed by atoms with Gasteiger partial charge in [-0.25, -0.2) is 4.79 Å². The molecule has 5 heteroatoms. The Balaban J connectivity index is 1.99. The summed E-state index contributed by atoms with van der Waals surface area (Å²) in [6.07, 6.45) is -0.211. The fraction of sp³-hybridized carbons (Fsp3) is 0.273. The van der Waals surface area contributed by atoms with E-state index in [1.165, 1.54) is 12.7 Å². The Kier molecular flexibility index (Phi) is 5.31. The summed E-state index contributed by atoms with van der Waals surface area (Å²) in [4.78, 5) is 26.5. The van der Waals surface area contributed by atoms with Gasteiger partial charge in [-0.15, -0.1) is 0 Å². The Morgan fingerprint density at radius 2 is 1.81 bits per heavy atom. The molecule has 5 nitrogen and oxygen atoms in total. The first-order chi connectivity index (χ1) is 12.9. The number of benzene rings is 2. The predicted octanol–water partition coefficient (Wildman–Crippen LogP) is 4.19. The average molecular weight is 365 g/mol. The zero-order valence-corrected chi connectivity index (χ0v) is 15.7. The molecular weight excluding hydrogens is 342 g/mol. The van der Waals surface area contributed by atoms with Gasteiger partial charge in [-0.3, -0.25) is 4.79 Å². The van der Waals surface area contributed by atoms with Crippen molar-refractivity contribution in [1.82, 2.24) is 0 Å². The summed E-state index contributed by atoms with van der Waals surface area (Å²) in [5.41, 5.74) is 3.21. The first kappa shape index (κ1) is 18.7. The van der Waals surface area contributed by atoms with Crippen LogP contribution in [0, 0.1) is 0 Å². The van der Waals surface area contributed by atoms with Gasteiger partial charge in [-0.05, 0) is 29.2 Å². The Labute approximate surface area is 158 Å². The first-order valence-corrected chi connectivity index (χ1v) is 8.91. The molecule has 3 rings (SSSR count). The zero-order valence-electron chi connectivity index (χ0n) is 15.7. The molecule has 0 bridgehead atoms. The molecule has 1 amide bonds. The van der Waals surface area contributed by atoms with Crippen molar-refractivity contribution in [3.63, 3.8) is 0 Å². The SMILES string of the molecule is COC(=O)C1=C(O)c2ccccc2N(Cc2ccc(C(C)C)cc2)C(=O)C1. The van der Waals surface area contributed by atoms with Gasteiger partial charge < -0.3 is 14.7 Å². The van der Waals surface area contributed by atoms with Crippen LogP contribution in [0.5, 0.6) is 0 Å². The first-order valence-electron chi connectivity index (χ1n) is 8.91. The van der Waals surface area contributed by atoms with E-state index in [0.717, 1.165) is 5.56 Å². The van der Waals surface area contributed by atoms with E-state index < -0.39 is 5.97 Å². The molecule has 0 saturated carbocycles. The molecule has 2 aromatic rings. The monoisotopic (exact) mass is 365 g/mol. The van der Waals surface area contributed by atoms with Crippen LogP contribution in [-0.4, -0.2) is 24.1 Å². The number of carbonyl (C=O) groups is 2. The smallest absolute Gasteiger partial charge is 0.338 e. The molecule has 27 heavy (non-hydrogen) atoms. The fourth-order valence-electron chi connectivity index (χ4n) is 3.19. The highest BCUT2D eigenvalue weighted by molar-refractivity contribution is 6.09. The number of amides is 1. The summed E-state index contributed by atoms with van der Waals surface area (Å²) in [5.74, 6) is -0.731.